The molecule has 0 aliphatic rings. The van der Waals surface area contributed by atoms with Crippen molar-refractivity contribution < 1.29 is 9.18 Å². The molecule has 1 heterocycles. The van der Waals surface area contributed by atoms with Crippen molar-refractivity contribution in [1.82, 2.24) is 9.88 Å². The molecule has 1 aromatic heterocycles. The average Bonchev–Trinajstić information content (AvgIpc) is 2.33. The van der Waals surface area contributed by atoms with Crippen LogP contribution in [0.5, 0.6) is 0 Å². The number of halogens is 1. The van der Waals surface area contributed by atoms with Crippen molar-refractivity contribution in [3.63, 3.8) is 0 Å². The highest BCUT2D eigenvalue weighted by molar-refractivity contribution is 5.82. The number of aromatic nitrogens is 1. The third kappa shape index (κ3) is 2.18. The number of nitrogens with one attached hydrogen (secondary N) is 1. The van der Waals surface area contributed by atoms with Gasteiger partial charge in [-0.15, -0.1) is 0 Å². The highest BCUT2D eigenvalue weighted by Gasteiger charge is 2.06. The number of hydrogen-bond donors (Lipinski definition) is 1. The Bertz CT molecular complexity index is 634. The Morgan fingerprint density at radius 1 is 1.41 bits per heavy atom. The summed E-state index contributed by atoms with van der Waals surface area (Å²) in [6, 6.07) is 5.26. The predicted molar refractivity (Wildman–Crippen MR) is 62.2 cm³/mol. The van der Waals surface area contributed by atoms with Gasteiger partial charge in [-0.2, -0.15) is 0 Å². The van der Waals surface area contributed by atoms with E-state index in [-0.39, 0.29) is 23.3 Å². The third-order valence-electron chi connectivity index (χ3n) is 2.53. The van der Waals surface area contributed by atoms with Gasteiger partial charge in [-0.3, -0.25) is 9.59 Å². The van der Waals surface area contributed by atoms with Gasteiger partial charge in [-0.05, 0) is 18.2 Å². The Morgan fingerprint density at radius 2 is 2.18 bits per heavy atom. The quantitative estimate of drug-likeness (QED) is 0.838. The normalized spacial score (nSPS) is 10.5. The summed E-state index contributed by atoms with van der Waals surface area (Å²) in [4.78, 5) is 22.9. The second-order valence-corrected chi connectivity index (χ2v) is 3.64. The Balaban J connectivity index is 2.62. The fourth-order valence-electron chi connectivity index (χ4n) is 1.66. The van der Waals surface area contributed by atoms with Crippen LogP contribution < -0.4 is 10.7 Å². The van der Waals surface area contributed by atoms with E-state index in [0.717, 1.165) is 0 Å². The van der Waals surface area contributed by atoms with Crippen LogP contribution in [0.3, 0.4) is 0 Å². The highest BCUT2D eigenvalue weighted by atomic mass is 19.1. The van der Waals surface area contributed by atoms with Crippen LogP contribution in [0.25, 0.3) is 10.9 Å². The van der Waals surface area contributed by atoms with Gasteiger partial charge in [0.25, 0.3) is 0 Å². The third-order valence-corrected chi connectivity index (χ3v) is 2.53. The molecule has 0 saturated carbocycles. The minimum absolute atomic E-state index is 0.0961. The molecule has 0 unspecified atom stereocenters. The van der Waals surface area contributed by atoms with Crippen molar-refractivity contribution in [3.8, 4) is 0 Å². The molecule has 0 aliphatic heterocycles. The minimum Gasteiger partial charge on any atom is -0.358 e. The van der Waals surface area contributed by atoms with Crippen LogP contribution in [0.15, 0.2) is 35.3 Å². The molecular weight excluding hydrogens is 223 g/mol. The van der Waals surface area contributed by atoms with Crippen LogP contribution in [-0.4, -0.2) is 17.5 Å². The monoisotopic (exact) mass is 234 g/mol. The van der Waals surface area contributed by atoms with Crippen molar-refractivity contribution in [1.29, 1.82) is 0 Å². The van der Waals surface area contributed by atoms with E-state index in [9.17, 15) is 14.0 Å². The number of pyridine rings is 1. The fraction of sp³-hybridized carbons (Fsp3) is 0.167. The molecule has 0 fully saturated rings. The molecule has 1 N–H and O–H groups in total. The number of benzene rings is 1. The van der Waals surface area contributed by atoms with Crippen LogP contribution >= 0.6 is 0 Å². The van der Waals surface area contributed by atoms with Crippen LogP contribution in [0.2, 0.25) is 0 Å². The Labute approximate surface area is 96.7 Å². The molecule has 17 heavy (non-hydrogen) atoms. The number of amides is 1. The number of carbonyl (C=O) groups excluding carboxylic acids is 1. The predicted octanol–water partition coefficient (Wildman–Crippen LogP) is 0.887. The maximum atomic E-state index is 13.0. The van der Waals surface area contributed by atoms with Crippen LogP contribution in [0.1, 0.15) is 0 Å². The zero-order chi connectivity index (χ0) is 12.4. The first kappa shape index (κ1) is 11.3. The summed E-state index contributed by atoms with van der Waals surface area (Å²) < 4.78 is 14.7. The Kier molecular flexibility index (Phi) is 2.91. The fourth-order valence-corrected chi connectivity index (χ4v) is 1.66. The van der Waals surface area contributed by atoms with E-state index < -0.39 is 5.82 Å². The lowest BCUT2D eigenvalue weighted by molar-refractivity contribution is -0.121. The number of likely N-dealkylation sites (N-methyl/N-ethyl adjacent to an activating group) is 1. The lowest BCUT2D eigenvalue weighted by atomic mass is 10.2. The number of hydrogen-bond acceptors (Lipinski definition) is 2. The first-order valence-electron chi connectivity index (χ1n) is 5.11. The largest absolute Gasteiger partial charge is 0.358 e. The van der Waals surface area contributed by atoms with Gasteiger partial charge in [0, 0.05) is 24.7 Å². The van der Waals surface area contributed by atoms with Gasteiger partial charge in [0.1, 0.15) is 12.4 Å². The highest BCUT2D eigenvalue weighted by Crippen LogP contribution is 2.11. The molecule has 0 atom stereocenters. The first-order valence-corrected chi connectivity index (χ1v) is 5.11. The molecule has 1 amide bonds. The van der Waals surface area contributed by atoms with E-state index in [1.807, 2.05) is 0 Å². The second-order valence-electron chi connectivity index (χ2n) is 3.64. The molecule has 0 spiro atoms. The SMILES string of the molecule is CNC(=O)Cn1ccc(=O)c2cc(F)ccc21. The van der Waals surface area contributed by atoms with E-state index in [1.54, 1.807) is 4.57 Å². The Hall–Kier alpha value is -2.17. The van der Waals surface area contributed by atoms with E-state index in [4.69, 9.17) is 0 Å². The summed E-state index contributed by atoms with van der Waals surface area (Å²) in [5, 5.41) is 2.77. The summed E-state index contributed by atoms with van der Waals surface area (Å²) in [6.45, 7) is 0.0961. The van der Waals surface area contributed by atoms with Crippen LogP contribution in [-0.2, 0) is 11.3 Å². The zero-order valence-corrected chi connectivity index (χ0v) is 9.24. The van der Waals surface area contributed by atoms with E-state index in [0.29, 0.717) is 5.52 Å². The summed E-state index contributed by atoms with van der Waals surface area (Å²) in [6.07, 6.45) is 1.53. The zero-order valence-electron chi connectivity index (χ0n) is 9.24. The molecule has 1 aromatic carbocycles. The molecule has 88 valence electrons. The summed E-state index contributed by atoms with van der Waals surface area (Å²) in [7, 11) is 1.53. The molecule has 0 saturated heterocycles. The van der Waals surface area contributed by atoms with Gasteiger partial charge in [0.2, 0.25) is 5.91 Å². The average molecular weight is 234 g/mol. The standard InChI is InChI=1S/C12H11FN2O2/c1-14-12(17)7-15-5-4-11(16)9-6-8(13)2-3-10(9)15/h2-6H,7H2,1H3,(H,14,17). The van der Waals surface area contributed by atoms with Gasteiger partial charge >= 0.3 is 0 Å². The maximum Gasteiger partial charge on any atom is 0.239 e. The molecular formula is C12H11FN2O2. The number of nitrogens with zero attached hydrogens (tertiary/aromatic N) is 1. The molecule has 0 radical (unpaired) electrons. The van der Waals surface area contributed by atoms with E-state index >= 15 is 0 Å². The molecule has 4 nitrogen and oxygen atoms in total. The maximum absolute atomic E-state index is 13.0. The molecule has 2 rings (SSSR count). The lowest BCUT2D eigenvalue weighted by Gasteiger charge is -2.09. The molecule has 0 bridgehead atoms. The summed E-state index contributed by atoms with van der Waals surface area (Å²) >= 11 is 0. The van der Waals surface area contributed by atoms with E-state index in [2.05, 4.69) is 5.32 Å². The molecule has 2 aromatic rings. The smallest absolute Gasteiger partial charge is 0.239 e. The lowest BCUT2D eigenvalue weighted by Crippen LogP contribution is -2.24. The molecule has 0 aliphatic carbocycles. The second kappa shape index (κ2) is 4.37. The van der Waals surface area contributed by atoms with Gasteiger partial charge in [0.15, 0.2) is 5.43 Å². The van der Waals surface area contributed by atoms with Gasteiger partial charge in [-0.25, -0.2) is 4.39 Å². The van der Waals surface area contributed by atoms with Gasteiger partial charge < -0.3 is 9.88 Å². The van der Waals surface area contributed by atoms with Crippen molar-refractivity contribution >= 4 is 16.8 Å². The topological polar surface area (TPSA) is 51.1 Å². The summed E-state index contributed by atoms with van der Waals surface area (Å²) in [5.74, 6) is -0.647. The van der Waals surface area contributed by atoms with E-state index in [1.165, 1.54) is 37.5 Å². The van der Waals surface area contributed by atoms with Crippen molar-refractivity contribution in [2.24, 2.45) is 0 Å². The van der Waals surface area contributed by atoms with Crippen molar-refractivity contribution in [3.05, 3.63) is 46.5 Å². The number of carbonyl (C=O) groups is 1. The minimum atomic E-state index is -0.465. The first-order chi connectivity index (χ1) is 8.11. The van der Waals surface area contributed by atoms with Crippen LogP contribution in [0, 0.1) is 5.82 Å². The van der Waals surface area contributed by atoms with Gasteiger partial charge in [-0.1, -0.05) is 0 Å². The van der Waals surface area contributed by atoms with Crippen molar-refractivity contribution in [2.45, 2.75) is 6.54 Å². The molecule has 5 heteroatoms. The van der Waals surface area contributed by atoms with Crippen molar-refractivity contribution in [2.75, 3.05) is 7.05 Å². The Morgan fingerprint density at radius 3 is 2.88 bits per heavy atom. The van der Waals surface area contributed by atoms with Gasteiger partial charge in [0.05, 0.1) is 5.52 Å². The summed E-state index contributed by atoms with van der Waals surface area (Å²) in [5.41, 5.74) is 0.287. The van der Waals surface area contributed by atoms with Crippen LogP contribution in [0.4, 0.5) is 4.39 Å². The number of fused-ring (bicyclic) bond motifs is 1. The number of rotatable bonds is 2.